The third kappa shape index (κ3) is 0.627. The van der Waals surface area contributed by atoms with E-state index < -0.39 is 0 Å². The second-order valence-electron chi connectivity index (χ2n) is 1.78. The summed E-state index contributed by atoms with van der Waals surface area (Å²) < 4.78 is 0. The third-order valence-corrected chi connectivity index (χ3v) is 1.10. The van der Waals surface area contributed by atoms with Gasteiger partial charge in [-0.3, -0.25) is 4.79 Å². The van der Waals surface area contributed by atoms with Crippen LogP contribution >= 0.6 is 0 Å². The normalized spacial score (nSPS) is 13.6. The highest BCUT2D eigenvalue weighted by molar-refractivity contribution is 5.58. The summed E-state index contributed by atoms with van der Waals surface area (Å²) >= 11 is 0. The highest BCUT2D eigenvalue weighted by atomic mass is 16.8. The van der Waals surface area contributed by atoms with Gasteiger partial charge in [0.25, 0.3) is 5.56 Å². The van der Waals surface area contributed by atoms with Crippen molar-refractivity contribution in [3.8, 4) is 0 Å². The van der Waals surface area contributed by atoms with Crippen LogP contribution in [0.15, 0.2) is 11.0 Å². The Morgan fingerprint density at radius 1 is 1.50 bits per heavy atom. The van der Waals surface area contributed by atoms with E-state index in [2.05, 4.69) is 25.9 Å². The smallest absolute Gasteiger partial charge is 0.268 e. The molecule has 0 amide bonds. The Labute approximate surface area is 55.1 Å². The maximum atomic E-state index is 10.6. The Hall–Kier alpha value is -1.56. The molecule has 0 aliphatic carbocycles. The number of fused-ring (bicyclic) bond motifs is 1. The van der Waals surface area contributed by atoms with E-state index in [1.54, 1.807) is 0 Å². The predicted octanol–water partition coefficient (Wildman–Crippen LogP) is -0.546. The molecule has 2 heterocycles. The number of anilines is 2. The van der Waals surface area contributed by atoms with Gasteiger partial charge in [0.1, 0.15) is 0 Å². The fourth-order valence-electron chi connectivity index (χ4n) is 0.679. The molecule has 3 N–H and O–H groups in total. The summed E-state index contributed by atoms with van der Waals surface area (Å²) in [6, 6.07) is 0. The van der Waals surface area contributed by atoms with Gasteiger partial charge in [-0.05, 0) is 0 Å². The fourth-order valence-corrected chi connectivity index (χ4v) is 0.679. The highest BCUT2D eigenvalue weighted by Crippen LogP contribution is 2.17. The molecule has 6 nitrogen and oxygen atoms in total. The largest absolute Gasteiger partial charge is 0.303 e. The lowest BCUT2D eigenvalue weighted by Crippen LogP contribution is -2.05. The Balaban J connectivity index is 2.63. The van der Waals surface area contributed by atoms with Crippen LogP contribution in [0, 0.1) is 0 Å². The molecule has 0 unspecified atom stereocenters. The van der Waals surface area contributed by atoms with Crippen LogP contribution in [0.5, 0.6) is 0 Å². The van der Waals surface area contributed by atoms with Crippen molar-refractivity contribution in [3.63, 3.8) is 0 Å². The molecule has 1 aliphatic rings. The van der Waals surface area contributed by atoms with E-state index in [0.29, 0.717) is 11.6 Å². The molecule has 1 aromatic rings. The van der Waals surface area contributed by atoms with Crippen LogP contribution in [0.2, 0.25) is 0 Å². The molecule has 10 heavy (non-hydrogen) atoms. The molecule has 2 rings (SSSR count). The summed E-state index contributed by atoms with van der Waals surface area (Å²) in [6.07, 6.45) is 1.17. The molecule has 1 aromatic heterocycles. The number of hydrogen-bond acceptors (Lipinski definition) is 5. The lowest BCUT2D eigenvalue weighted by Gasteiger charge is -1.89. The quantitative estimate of drug-likeness (QED) is 0.450. The topological polar surface area (TPSA) is 79.0 Å². The van der Waals surface area contributed by atoms with E-state index in [4.69, 9.17) is 0 Å². The van der Waals surface area contributed by atoms with Gasteiger partial charge in [-0.1, -0.05) is 0 Å². The number of nitrogens with zero attached hydrogens (tertiary/aromatic N) is 1. The molecule has 0 bridgehead atoms. The maximum absolute atomic E-state index is 10.6. The van der Waals surface area contributed by atoms with Gasteiger partial charge >= 0.3 is 0 Å². The summed E-state index contributed by atoms with van der Waals surface area (Å²) in [5.74, 6) is 0.937. The minimum atomic E-state index is -0.265. The van der Waals surface area contributed by atoms with Crippen LogP contribution in [0.3, 0.4) is 0 Å². The molecule has 0 spiro atoms. The first-order valence-corrected chi connectivity index (χ1v) is 2.63. The van der Waals surface area contributed by atoms with Gasteiger partial charge in [0.2, 0.25) is 0 Å². The lowest BCUT2D eigenvalue weighted by molar-refractivity contribution is 0.280. The van der Waals surface area contributed by atoms with Crippen LogP contribution in [-0.4, -0.2) is 9.97 Å². The number of rotatable bonds is 0. The number of H-pyrrole nitrogens is 1. The van der Waals surface area contributed by atoms with Crippen LogP contribution in [0.4, 0.5) is 11.6 Å². The first-order chi connectivity index (χ1) is 4.86. The fraction of sp³-hybridized carbons (Fsp3) is 0. The SMILES string of the molecule is O=c1cnc2c([nH]1)NON2. The van der Waals surface area contributed by atoms with Crippen molar-refractivity contribution >= 4 is 11.6 Å². The second kappa shape index (κ2) is 1.71. The Morgan fingerprint density at radius 2 is 2.40 bits per heavy atom. The average molecular weight is 140 g/mol. The van der Waals surface area contributed by atoms with E-state index in [-0.39, 0.29) is 5.56 Å². The Morgan fingerprint density at radius 3 is 3.30 bits per heavy atom. The molecule has 0 saturated heterocycles. The summed E-state index contributed by atoms with van der Waals surface area (Å²) in [5.41, 5.74) is 4.58. The van der Waals surface area contributed by atoms with E-state index >= 15 is 0 Å². The van der Waals surface area contributed by atoms with Crippen LogP contribution in [0.1, 0.15) is 0 Å². The third-order valence-electron chi connectivity index (χ3n) is 1.10. The molecule has 6 heteroatoms. The number of hydrogen-bond donors (Lipinski definition) is 3. The van der Waals surface area contributed by atoms with E-state index in [0.717, 1.165) is 0 Å². The van der Waals surface area contributed by atoms with Gasteiger partial charge < -0.3 is 4.98 Å². The van der Waals surface area contributed by atoms with Crippen molar-refractivity contribution in [3.05, 3.63) is 16.6 Å². The van der Waals surface area contributed by atoms with Crippen LogP contribution in [0.25, 0.3) is 0 Å². The van der Waals surface area contributed by atoms with Gasteiger partial charge in [-0.15, -0.1) is 0 Å². The minimum absolute atomic E-state index is 0.265. The van der Waals surface area contributed by atoms with Crippen LogP contribution < -0.4 is 16.5 Å². The summed E-state index contributed by atoms with van der Waals surface area (Å²) in [6.45, 7) is 0. The van der Waals surface area contributed by atoms with Gasteiger partial charge in [0.15, 0.2) is 11.6 Å². The zero-order chi connectivity index (χ0) is 6.97. The molecule has 52 valence electrons. The monoisotopic (exact) mass is 140 g/mol. The summed E-state index contributed by atoms with van der Waals surface area (Å²) in [7, 11) is 0. The lowest BCUT2D eigenvalue weighted by atomic mass is 10.6. The average Bonchev–Trinajstić information content (AvgIpc) is 2.33. The Bertz CT molecular complexity index is 306. The van der Waals surface area contributed by atoms with Crippen molar-refractivity contribution < 1.29 is 4.94 Å². The molecule has 0 saturated carbocycles. The standard InChI is InChI=1S/C4H4N4O2/c9-2-1-5-3-4(6-2)8-10-7-3/h1H,(H,5,7)(H2,6,8,9). The highest BCUT2D eigenvalue weighted by Gasteiger charge is 2.10. The molecule has 0 aromatic carbocycles. The maximum Gasteiger partial charge on any atom is 0.268 e. The van der Waals surface area contributed by atoms with Crippen LogP contribution in [-0.2, 0) is 4.94 Å². The zero-order valence-corrected chi connectivity index (χ0v) is 4.84. The molecule has 0 atom stereocenters. The van der Waals surface area contributed by atoms with Crippen molar-refractivity contribution in [2.45, 2.75) is 0 Å². The van der Waals surface area contributed by atoms with Gasteiger partial charge in [-0.25, -0.2) is 15.9 Å². The second-order valence-corrected chi connectivity index (χ2v) is 1.78. The van der Waals surface area contributed by atoms with E-state index in [1.807, 2.05) is 0 Å². The predicted molar refractivity (Wildman–Crippen MR) is 33.2 cm³/mol. The van der Waals surface area contributed by atoms with E-state index in [1.165, 1.54) is 6.20 Å². The van der Waals surface area contributed by atoms with Crippen molar-refractivity contribution in [2.24, 2.45) is 0 Å². The molecule has 0 fully saturated rings. The first kappa shape index (κ1) is 5.24. The van der Waals surface area contributed by atoms with Crippen molar-refractivity contribution in [1.82, 2.24) is 9.97 Å². The van der Waals surface area contributed by atoms with Gasteiger partial charge in [0.05, 0.1) is 6.20 Å². The van der Waals surface area contributed by atoms with Gasteiger partial charge in [-0.2, -0.15) is 4.94 Å². The molecule has 0 radical (unpaired) electrons. The van der Waals surface area contributed by atoms with Crippen molar-refractivity contribution in [1.29, 1.82) is 0 Å². The first-order valence-electron chi connectivity index (χ1n) is 2.63. The number of nitrogens with one attached hydrogen (secondary N) is 3. The summed E-state index contributed by atoms with van der Waals surface area (Å²) in [4.78, 5) is 21.3. The van der Waals surface area contributed by atoms with Crippen molar-refractivity contribution in [2.75, 3.05) is 11.0 Å². The van der Waals surface area contributed by atoms with E-state index in [9.17, 15) is 4.79 Å². The molecular formula is C4H4N4O2. The molecular weight excluding hydrogens is 136 g/mol. The molecule has 1 aliphatic heterocycles. The summed E-state index contributed by atoms with van der Waals surface area (Å²) in [5, 5.41) is 0. The zero-order valence-electron chi connectivity index (χ0n) is 4.84. The Kier molecular flexibility index (Phi) is 0.896. The minimum Gasteiger partial charge on any atom is -0.303 e. The number of aromatic nitrogens is 2. The van der Waals surface area contributed by atoms with Gasteiger partial charge in [0, 0.05) is 0 Å². The number of aromatic amines is 1.